The molecule has 1 aromatic heterocycles. The zero-order valence-electron chi connectivity index (χ0n) is 15.7. The van der Waals surface area contributed by atoms with E-state index in [0.29, 0.717) is 30.3 Å². The van der Waals surface area contributed by atoms with Crippen molar-refractivity contribution in [3.8, 4) is 11.3 Å². The Morgan fingerprint density at radius 1 is 1.29 bits per heavy atom. The fourth-order valence-electron chi connectivity index (χ4n) is 4.09. The van der Waals surface area contributed by atoms with E-state index < -0.39 is 6.10 Å². The van der Waals surface area contributed by atoms with Gasteiger partial charge in [-0.1, -0.05) is 23.7 Å². The van der Waals surface area contributed by atoms with E-state index in [1.165, 1.54) is 11.3 Å². The summed E-state index contributed by atoms with van der Waals surface area (Å²) in [5.41, 5.74) is 1.87. The average molecular weight is 421 g/mol. The third-order valence-corrected chi connectivity index (χ3v) is 6.70. The van der Waals surface area contributed by atoms with Gasteiger partial charge in [0, 0.05) is 42.3 Å². The number of ketones is 1. The maximum atomic E-state index is 13.0. The van der Waals surface area contributed by atoms with Gasteiger partial charge in [0.15, 0.2) is 5.78 Å². The van der Waals surface area contributed by atoms with Crippen molar-refractivity contribution in [2.24, 2.45) is 5.92 Å². The van der Waals surface area contributed by atoms with Crippen LogP contribution < -0.4 is 0 Å². The highest BCUT2D eigenvalue weighted by molar-refractivity contribution is 7.10. The van der Waals surface area contributed by atoms with Gasteiger partial charge in [-0.05, 0) is 37.3 Å². The molecule has 2 aliphatic heterocycles. The topological polar surface area (TPSA) is 62.7 Å². The van der Waals surface area contributed by atoms with Crippen LogP contribution in [-0.2, 0) is 16.0 Å². The van der Waals surface area contributed by atoms with Gasteiger partial charge in [-0.3, -0.25) is 9.69 Å². The zero-order chi connectivity index (χ0) is 19.5. The lowest BCUT2D eigenvalue weighted by Gasteiger charge is -2.30. The molecular formula is C21H25ClN2O3S. The molecule has 0 amide bonds. The van der Waals surface area contributed by atoms with Gasteiger partial charge >= 0.3 is 0 Å². The number of carbonyl (C=O) groups is 1. The second kappa shape index (κ2) is 9.01. The number of rotatable bonds is 6. The summed E-state index contributed by atoms with van der Waals surface area (Å²) in [5.74, 6) is 0.700. The molecule has 2 saturated heterocycles. The summed E-state index contributed by atoms with van der Waals surface area (Å²) in [6, 6.07) is 7.35. The number of aliphatic hydroxyl groups excluding tert-OH is 1. The molecule has 2 aromatic rings. The first-order chi connectivity index (χ1) is 13.6. The first-order valence-corrected chi connectivity index (χ1v) is 11.1. The highest BCUT2D eigenvalue weighted by Crippen LogP contribution is 2.27. The Morgan fingerprint density at radius 2 is 2.04 bits per heavy atom. The number of thiazole rings is 1. The Balaban J connectivity index is 1.40. The number of nitrogens with zero attached hydrogens (tertiary/aromatic N) is 2. The molecule has 0 aliphatic carbocycles. The summed E-state index contributed by atoms with van der Waals surface area (Å²) in [6.07, 6.45) is 2.49. The number of halogens is 1. The van der Waals surface area contributed by atoms with E-state index >= 15 is 0 Å². The summed E-state index contributed by atoms with van der Waals surface area (Å²) < 4.78 is 5.43. The molecule has 1 N–H and O–H groups in total. The van der Waals surface area contributed by atoms with Gasteiger partial charge in [0.05, 0.1) is 24.3 Å². The quantitative estimate of drug-likeness (QED) is 0.775. The van der Waals surface area contributed by atoms with Gasteiger partial charge in [0.1, 0.15) is 5.01 Å². The summed E-state index contributed by atoms with van der Waals surface area (Å²) >= 11 is 7.46. The minimum Gasteiger partial charge on any atom is -0.392 e. The number of aliphatic hydroxyl groups is 1. The van der Waals surface area contributed by atoms with Crippen LogP contribution in [0.25, 0.3) is 11.3 Å². The molecule has 1 aromatic carbocycles. The molecule has 2 atom stereocenters. The van der Waals surface area contributed by atoms with Crippen LogP contribution in [0.2, 0.25) is 5.02 Å². The van der Waals surface area contributed by atoms with Crippen LogP contribution in [0.3, 0.4) is 0 Å². The third-order valence-electron chi connectivity index (χ3n) is 5.60. The van der Waals surface area contributed by atoms with E-state index in [1.54, 1.807) is 0 Å². The smallest absolute Gasteiger partial charge is 0.156 e. The molecule has 5 nitrogen and oxygen atoms in total. The van der Waals surface area contributed by atoms with Crippen molar-refractivity contribution in [3.05, 3.63) is 39.7 Å². The van der Waals surface area contributed by atoms with Crippen molar-refractivity contribution in [1.82, 2.24) is 9.88 Å². The van der Waals surface area contributed by atoms with Crippen molar-refractivity contribution in [2.45, 2.75) is 37.8 Å². The Morgan fingerprint density at radius 3 is 2.79 bits per heavy atom. The lowest BCUT2D eigenvalue weighted by molar-refractivity contribution is -0.123. The number of carbonyl (C=O) groups excluding carboxylic acids is 1. The normalized spacial score (nSPS) is 23.9. The molecule has 0 radical (unpaired) electrons. The number of hydrogen-bond donors (Lipinski definition) is 1. The largest absolute Gasteiger partial charge is 0.392 e. The summed E-state index contributed by atoms with van der Waals surface area (Å²) in [4.78, 5) is 19.8. The van der Waals surface area contributed by atoms with E-state index in [0.717, 1.165) is 48.9 Å². The molecule has 28 heavy (non-hydrogen) atoms. The first kappa shape index (κ1) is 20.0. The highest BCUT2D eigenvalue weighted by Gasteiger charge is 2.37. The Bertz CT molecular complexity index is 804. The number of Topliss-reactive ketones (excluding diaryl/α,β-unsaturated/α-hetero) is 1. The minimum atomic E-state index is -0.422. The van der Waals surface area contributed by atoms with Gasteiger partial charge in [-0.2, -0.15) is 0 Å². The number of ether oxygens (including phenoxy) is 1. The fourth-order valence-corrected chi connectivity index (χ4v) is 5.03. The van der Waals surface area contributed by atoms with Crippen LogP contribution in [0, 0.1) is 5.92 Å². The Kier molecular flexibility index (Phi) is 6.43. The number of likely N-dealkylation sites (tertiary alicyclic amines) is 1. The van der Waals surface area contributed by atoms with Crippen molar-refractivity contribution in [1.29, 1.82) is 0 Å². The lowest BCUT2D eigenvalue weighted by atomic mass is 9.98. The van der Waals surface area contributed by atoms with E-state index in [2.05, 4.69) is 9.88 Å². The van der Waals surface area contributed by atoms with Crippen molar-refractivity contribution < 1.29 is 14.6 Å². The van der Waals surface area contributed by atoms with Crippen LogP contribution in [0.1, 0.15) is 24.3 Å². The summed E-state index contributed by atoms with van der Waals surface area (Å²) in [5, 5.41) is 13.6. The third kappa shape index (κ3) is 4.81. The lowest BCUT2D eigenvalue weighted by Crippen LogP contribution is -2.41. The number of β-amino-alcohol motifs (C(OH)–C–C–N with tert-alkyl or cyclic N) is 1. The molecule has 0 spiro atoms. The predicted molar refractivity (Wildman–Crippen MR) is 111 cm³/mol. The monoisotopic (exact) mass is 420 g/mol. The van der Waals surface area contributed by atoms with Crippen molar-refractivity contribution in [2.75, 3.05) is 26.3 Å². The van der Waals surface area contributed by atoms with Gasteiger partial charge in [-0.25, -0.2) is 4.98 Å². The molecule has 150 valence electrons. The second-order valence-corrected chi connectivity index (χ2v) is 9.07. The van der Waals surface area contributed by atoms with Crippen LogP contribution >= 0.6 is 22.9 Å². The molecule has 0 bridgehead atoms. The first-order valence-electron chi connectivity index (χ1n) is 9.81. The predicted octanol–water partition coefficient (Wildman–Crippen LogP) is 3.44. The van der Waals surface area contributed by atoms with Crippen molar-refractivity contribution >= 4 is 28.7 Å². The van der Waals surface area contributed by atoms with Crippen LogP contribution in [0.4, 0.5) is 0 Å². The SMILES string of the molecule is O=C(Cc1nc(-c2ccc(Cl)cc2)cs1)[C@@H]1C[C@@H](O)CN1CC1CCOCC1. The maximum absolute atomic E-state index is 13.0. The van der Waals surface area contributed by atoms with E-state index in [1.807, 2.05) is 29.6 Å². The standard InChI is InChI=1S/C21H25ClN2O3S/c22-16-3-1-15(2-4-16)18-13-28-21(23-18)10-20(26)19-9-17(25)12-24(19)11-14-5-7-27-8-6-14/h1-4,13-14,17,19,25H,5-12H2/t17-,19+/m1/s1. The van der Waals surface area contributed by atoms with E-state index in [-0.39, 0.29) is 11.8 Å². The van der Waals surface area contributed by atoms with Crippen LogP contribution in [-0.4, -0.2) is 59.2 Å². The molecule has 2 fully saturated rings. The van der Waals surface area contributed by atoms with Gasteiger partial charge in [0.2, 0.25) is 0 Å². The molecule has 7 heteroatoms. The number of hydrogen-bond acceptors (Lipinski definition) is 6. The average Bonchev–Trinajstić information content (AvgIpc) is 3.30. The zero-order valence-corrected chi connectivity index (χ0v) is 17.3. The van der Waals surface area contributed by atoms with Crippen molar-refractivity contribution in [3.63, 3.8) is 0 Å². The molecule has 3 heterocycles. The van der Waals surface area contributed by atoms with Gasteiger partial charge in [0.25, 0.3) is 0 Å². The number of aromatic nitrogens is 1. The summed E-state index contributed by atoms with van der Waals surface area (Å²) in [7, 11) is 0. The Labute approximate surface area is 174 Å². The van der Waals surface area contributed by atoms with Crippen LogP contribution in [0.15, 0.2) is 29.6 Å². The van der Waals surface area contributed by atoms with Gasteiger partial charge < -0.3 is 9.84 Å². The van der Waals surface area contributed by atoms with E-state index in [9.17, 15) is 9.90 Å². The maximum Gasteiger partial charge on any atom is 0.156 e. The number of benzene rings is 1. The molecule has 0 unspecified atom stereocenters. The highest BCUT2D eigenvalue weighted by atomic mass is 35.5. The van der Waals surface area contributed by atoms with E-state index in [4.69, 9.17) is 16.3 Å². The fraction of sp³-hybridized carbons (Fsp3) is 0.524. The van der Waals surface area contributed by atoms with Gasteiger partial charge in [-0.15, -0.1) is 11.3 Å². The molecule has 2 aliphatic rings. The second-order valence-electron chi connectivity index (χ2n) is 7.69. The molecule has 4 rings (SSSR count). The minimum absolute atomic E-state index is 0.153. The summed E-state index contributed by atoms with van der Waals surface area (Å²) in [6.45, 7) is 3.05. The van der Waals surface area contributed by atoms with Crippen LogP contribution in [0.5, 0.6) is 0 Å². The molecular weight excluding hydrogens is 396 g/mol. The molecule has 0 saturated carbocycles. The Hall–Kier alpha value is -1.31.